The fraction of sp³-hybridized carbons (Fsp3) is 0.308. The Balaban J connectivity index is 2.31. The lowest BCUT2D eigenvalue weighted by Gasteiger charge is -2.12. The number of hydrogen-bond donors (Lipinski definition) is 1. The van der Waals surface area contributed by atoms with Crippen molar-refractivity contribution in [3.63, 3.8) is 0 Å². The van der Waals surface area contributed by atoms with Crippen LogP contribution in [-0.4, -0.2) is 37.9 Å². The van der Waals surface area contributed by atoms with E-state index in [0.29, 0.717) is 0 Å². The van der Waals surface area contributed by atoms with Gasteiger partial charge in [0.25, 0.3) is 0 Å². The van der Waals surface area contributed by atoms with Gasteiger partial charge in [-0.15, -0.1) is 0 Å². The van der Waals surface area contributed by atoms with Gasteiger partial charge >= 0.3 is 0 Å². The molecule has 0 saturated carbocycles. The zero-order chi connectivity index (χ0) is 11.4. The number of hydrogen-bond acceptors (Lipinski definition) is 3. The van der Waals surface area contributed by atoms with E-state index in [1.165, 1.54) is 5.56 Å². The SMILES string of the molecule is CN(C)C1=NCCNC(c2ccccc2)=C1. The van der Waals surface area contributed by atoms with E-state index in [4.69, 9.17) is 0 Å². The predicted octanol–water partition coefficient (Wildman–Crippen LogP) is 1.59. The van der Waals surface area contributed by atoms with Gasteiger partial charge in [-0.3, -0.25) is 4.99 Å². The van der Waals surface area contributed by atoms with E-state index >= 15 is 0 Å². The lowest BCUT2D eigenvalue weighted by atomic mass is 10.1. The van der Waals surface area contributed by atoms with Gasteiger partial charge in [0.2, 0.25) is 0 Å². The Labute approximate surface area is 96.5 Å². The third-order valence-corrected chi connectivity index (χ3v) is 2.52. The molecule has 0 atom stereocenters. The van der Waals surface area contributed by atoms with Crippen molar-refractivity contribution in [2.24, 2.45) is 4.99 Å². The van der Waals surface area contributed by atoms with E-state index < -0.39 is 0 Å². The standard InChI is InChI=1S/C13H17N3/c1-16(2)13-10-12(14-8-9-15-13)11-6-4-3-5-7-11/h3-7,10,14H,8-9H2,1-2H3. The lowest BCUT2D eigenvalue weighted by molar-refractivity contribution is 0.623. The van der Waals surface area contributed by atoms with Crippen molar-refractivity contribution in [1.29, 1.82) is 0 Å². The third-order valence-electron chi connectivity index (χ3n) is 2.52. The van der Waals surface area contributed by atoms with Crippen molar-refractivity contribution in [3.05, 3.63) is 42.0 Å². The summed E-state index contributed by atoms with van der Waals surface area (Å²) >= 11 is 0. The van der Waals surface area contributed by atoms with Gasteiger partial charge in [0, 0.05) is 32.4 Å². The van der Waals surface area contributed by atoms with Crippen LogP contribution in [0.4, 0.5) is 0 Å². The van der Waals surface area contributed by atoms with Crippen LogP contribution in [0.25, 0.3) is 5.70 Å². The summed E-state index contributed by atoms with van der Waals surface area (Å²) in [7, 11) is 4.03. The van der Waals surface area contributed by atoms with E-state index in [1.54, 1.807) is 0 Å². The van der Waals surface area contributed by atoms with Crippen LogP contribution in [0, 0.1) is 0 Å². The van der Waals surface area contributed by atoms with Gasteiger partial charge in [-0.2, -0.15) is 0 Å². The molecule has 0 aromatic heterocycles. The largest absolute Gasteiger partial charge is 0.383 e. The molecule has 1 N–H and O–H groups in total. The number of rotatable bonds is 1. The van der Waals surface area contributed by atoms with Gasteiger partial charge in [-0.1, -0.05) is 30.3 Å². The molecule has 0 amide bonds. The average molecular weight is 215 g/mol. The summed E-state index contributed by atoms with van der Waals surface area (Å²) in [6, 6.07) is 10.3. The first-order chi connectivity index (χ1) is 7.77. The molecule has 1 aromatic rings. The van der Waals surface area contributed by atoms with Crippen molar-refractivity contribution < 1.29 is 0 Å². The van der Waals surface area contributed by atoms with Gasteiger partial charge < -0.3 is 10.2 Å². The quantitative estimate of drug-likeness (QED) is 0.770. The molecule has 1 aromatic carbocycles. The molecule has 1 aliphatic heterocycles. The Bertz CT molecular complexity index is 404. The molecule has 84 valence electrons. The predicted molar refractivity (Wildman–Crippen MR) is 68.4 cm³/mol. The van der Waals surface area contributed by atoms with Crippen molar-refractivity contribution in [2.45, 2.75) is 0 Å². The highest BCUT2D eigenvalue weighted by atomic mass is 15.1. The smallest absolute Gasteiger partial charge is 0.125 e. The minimum atomic E-state index is 0.820. The topological polar surface area (TPSA) is 27.6 Å². The van der Waals surface area contributed by atoms with Crippen LogP contribution in [0.2, 0.25) is 0 Å². The summed E-state index contributed by atoms with van der Waals surface area (Å²) in [5, 5.41) is 3.40. The Kier molecular flexibility index (Phi) is 3.25. The fourth-order valence-electron chi connectivity index (χ4n) is 1.66. The molecule has 3 nitrogen and oxygen atoms in total. The number of nitrogens with one attached hydrogen (secondary N) is 1. The van der Waals surface area contributed by atoms with Crippen LogP contribution >= 0.6 is 0 Å². The molecule has 3 heteroatoms. The normalized spacial score (nSPS) is 15.6. The van der Waals surface area contributed by atoms with Crippen molar-refractivity contribution in [3.8, 4) is 0 Å². The number of aliphatic imine (C=N–C) groups is 1. The highest BCUT2D eigenvalue weighted by molar-refractivity contribution is 5.99. The molecule has 0 radical (unpaired) electrons. The van der Waals surface area contributed by atoms with E-state index in [2.05, 4.69) is 40.7 Å². The highest BCUT2D eigenvalue weighted by Gasteiger charge is 2.07. The summed E-state index contributed by atoms with van der Waals surface area (Å²) in [4.78, 5) is 6.54. The Hall–Kier alpha value is -1.77. The number of likely N-dealkylation sites (N-methyl/N-ethyl adjacent to an activating group) is 1. The molecule has 0 unspecified atom stereocenters. The Morgan fingerprint density at radius 1 is 1.19 bits per heavy atom. The molecule has 0 spiro atoms. The van der Waals surface area contributed by atoms with Crippen LogP contribution in [0.3, 0.4) is 0 Å². The average Bonchev–Trinajstić information content (AvgIpc) is 2.56. The summed E-state index contributed by atoms with van der Waals surface area (Å²) in [5.41, 5.74) is 2.35. The monoisotopic (exact) mass is 215 g/mol. The van der Waals surface area contributed by atoms with Gasteiger partial charge in [0.15, 0.2) is 0 Å². The highest BCUT2D eigenvalue weighted by Crippen LogP contribution is 2.12. The van der Waals surface area contributed by atoms with E-state index in [9.17, 15) is 0 Å². The number of benzene rings is 1. The van der Waals surface area contributed by atoms with Gasteiger partial charge in [0.05, 0.1) is 6.54 Å². The van der Waals surface area contributed by atoms with Crippen LogP contribution < -0.4 is 5.32 Å². The minimum Gasteiger partial charge on any atom is -0.383 e. The molecule has 0 fully saturated rings. The van der Waals surface area contributed by atoms with E-state index in [-0.39, 0.29) is 0 Å². The van der Waals surface area contributed by atoms with Gasteiger partial charge in [-0.05, 0) is 5.56 Å². The van der Waals surface area contributed by atoms with Crippen molar-refractivity contribution in [1.82, 2.24) is 10.2 Å². The second-order valence-electron chi connectivity index (χ2n) is 3.99. The molecule has 1 aliphatic rings. The van der Waals surface area contributed by atoms with Crippen molar-refractivity contribution in [2.75, 3.05) is 27.2 Å². The second kappa shape index (κ2) is 4.84. The summed E-state index contributed by atoms with van der Waals surface area (Å²) in [6.45, 7) is 1.71. The second-order valence-corrected chi connectivity index (χ2v) is 3.99. The minimum absolute atomic E-state index is 0.820. The Morgan fingerprint density at radius 3 is 2.62 bits per heavy atom. The summed E-state index contributed by atoms with van der Waals surface area (Å²) in [6.07, 6.45) is 2.10. The van der Waals surface area contributed by atoms with E-state index in [0.717, 1.165) is 24.6 Å². The van der Waals surface area contributed by atoms with Gasteiger partial charge in [0.1, 0.15) is 5.84 Å². The first-order valence-electron chi connectivity index (χ1n) is 5.50. The molecule has 16 heavy (non-hydrogen) atoms. The van der Waals surface area contributed by atoms with Crippen LogP contribution in [0.1, 0.15) is 5.56 Å². The summed E-state index contributed by atoms with van der Waals surface area (Å²) < 4.78 is 0. The molecule has 1 heterocycles. The third kappa shape index (κ3) is 2.42. The fourth-order valence-corrected chi connectivity index (χ4v) is 1.66. The van der Waals surface area contributed by atoms with Crippen LogP contribution in [0.15, 0.2) is 41.4 Å². The molecular formula is C13H17N3. The zero-order valence-corrected chi connectivity index (χ0v) is 9.77. The summed E-state index contributed by atoms with van der Waals surface area (Å²) in [5.74, 6) is 1.02. The zero-order valence-electron chi connectivity index (χ0n) is 9.77. The van der Waals surface area contributed by atoms with Gasteiger partial charge in [-0.25, -0.2) is 0 Å². The van der Waals surface area contributed by atoms with Crippen LogP contribution in [-0.2, 0) is 0 Å². The van der Waals surface area contributed by atoms with Crippen molar-refractivity contribution >= 4 is 11.5 Å². The molecule has 2 rings (SSSR count). The maximum absolute atomic E-state index is 4.50. The molecular weight excluding hydrogens is 198 g/mol. The molecule has 0 bridgehead atoms. The lowest BCUT2D eigenvalue weighted by Crippen LogP contribution is -2.20. The van der Waals surface area contributed by atoms with E-state index in [1.807, 2.05) is 25.1 Å². The first-order valence-corrected chi connectivity index (χ1v) is 5.50. The molecule has 0 aliphatic carbocycles. The Morgan fingerprint density at radius 2 is 1.94 bits per heavy atom. The maximum Gasteiger partial charge on any atom is 0.125 e. The van der Waals surface area contributed by atoms with Crippen LogP contribution in [0.5, 0.6) is 0 Å². The maximum atomic E-state index is 4.50. The number of amidine groups is 1. The number of nitrogens with zero attached hydrogens (tertiary/aromatic N) is 2. The first kappa shape index (κ1) is 10.7. The molecule has 0 saturated heterocycles.